The number of allylic oxidation sites excluding steroid dienone is 8. The highest BCUT2D eigenvalue weighted by Gasteiger charge is 1.99. The minimum Gasteiger partial charge on any atom is -0.300 e. The lowest BCUT2D eigenvalue weighted by Gasteiger charge is -2.03. The van der Waals surface area contributed by atoms with Crippen LogP contribution in [0.1, 0.15) is 13.8 Å². The van der Waals surface area contributed by atoms with Gasteiger partial charge in [-0.2, -0.15) is 0 Å². The predicted octanol–water partition coefficient (Wildman–Crippen LogP) is 3.02. The molecule has 1 heteroatoms. The van der Waals surface area contributed by atoms with Gasteiger partial charge < -0.3 is 5.41 Å². The van der Waals surface area contributed by atoms with Crippen LogP contribution in [0.4, 0.5) is 0 Å². The number of rotatable bonds is 1. The minimum absolute atomic E-state index is 0.582. The zero-order valence-corrected chi connectivity index (χ0v) is 7.46. The Labute approximate surface area is 73.3 Å². The summed E-state index contributed by atoms with van der Waals surface area (Å²) in [6, 6.07) is 0. The molecule has 0 aromatic rings. The molecular weight excluding hydrogens is 146 g/mol. The Hall–Kier alpha value is -1.37. The molecule has 0 heterocycles. The van der Waals surface area contributed by atoms with E-state index < -0.39 is 0 Å². The SMILES string of the molecule is C/C=C(C)\C=C1\C=CC=CC1=N. The Morgan fingerprint density at radius 2 is 2.00 bits per heavy atom. The van der Waals surface area contributed by atoms with E-state index in [0.29, 0.717) is 5.71 Å². The third-order valence-corrected chi connectivity index (χ3v) is 1.80. The van der Waals surface area contributed by atoms with E-state index >= 15 is 0 Å². The first-order valence-electron chi connectivity index (χ1n) is 4.02. The second-order valence-corrected chi connectivity index (χ2v) is 2.76. The molecule has 0 bridgehead atoms. The second-order valence-electron chi connectivity index (χ2n) is 2.76. The van der Waals surface area contributed by atoms with Crippen LogP contribution in [0.25, 0.3) is 0 Å². The van der Waals surface area contributed by atoms with Crippen LogP contribution in [0.5, 0.6) is 0 Å². The second kappa shape index (κ2) is 3.86. The van der Waals surface area contributed by atoms with E-state index in [0.717, 1.165) is 5.57 Å². The van der Waals surface area contributed by atoms with Crippen molar-refractivity contribution in [2.75, 3.05) is 0 Å². The smallest absolute Gasteiger partial charge is 0.0612 e. The fourth-order valence-corrected chi connectivity index (χ4v) is 0.951. The topological polar surface area (TPSA) is 23.9 Å². The molecule has 1 N–H and O–H groups in total. The fourth-order valence-electron chi connectivity index (χ4n) is 0.951. The molecule has 0 aromatic carbocycles. The highest BCUT2D eigenvalue weighted by Crippen LogP contribution is 2.09. The van der Waals surface area contributed by atoms with Gasteiger partial charge in [-0.3, -0.25) is 0 Å². The average molecular weight is 159 g/mol. The van der Waals surface area contributed by atoms with Gasteiger partial charge in [0.1, 0.15) is 0 Å². The molecule has 1 nitrogen and oxygen atoms in total. The van der Waals surface area contributed by atoms with Gasteiger partial charge in [-0.15, -0.1) is 0 Å². The molecule has 0 atom stereocenters. The largest absolute Gasteiger partial charge is 0.300 e. The summed E-state index contributed by atoms with van der Waals surface area (Å²) in [4.78, 5) is 0. The predicted molar refractivity (Wildman–Crippen MR) is 53.5 cm³/mol. The van der Waals surface area contributed by atoms with E-state index in [4.69, 9.17) is 5.41 Å². The van der Waals surface area contributed by atoms with Crippen LogP contribution in [-0.4, -0.2) is 5.71 Å². The van der Waals surface area contributed by atoms with Gasteiger partial charge in [-0.1, -0.05) is 36.0 Å². The molecule has 0 saturated heterocycles. The first kappa shape index (κ1) is 8.72. The minimum atomic E-state index is 0.582. The van der Waals surface area contributed by atoms with Crippen LogP contribution in [0.3, 0.4) is 0 Å². The molecule has 0 amide bonds. The van der Waals surface area contributed by atoms with Crippen molar-refractivity contribution in [1.82, 2.24) is 0 Å². The van der Waals surface area contributed by atoms with Gasteiger partial charge in [-0.05, 0) is 25.5 Å². The van der Waals surface area contributed by atoms with E-state index in [1.54, 1.807) is 6.08 Å². The van der Waals surface area contributed by atoms with Crippen molar-refractivity contribution in [1.29, 1.82) is 5.41 Å². The van der Waals surface area contributed by atoms with E-state index in [1.807, 2.05) is 44.2 Å². The van der Waals surface area contributed by atoms with E-state index in [-0.39, 0.29) is 0 Å². The summed E-state index contributed by atoms with van der Waals surface area (Å²) in [5, 5.41) is 7.58. The summed E-state index contributed by atoms with van der Waals surface area (Å²) in [5.41, 5.74) is 2.75. The first-order chi connectivity index (χ1) is 5.74. The van der Waals surface area contributed by atoms with Crippen LogP contribution in [-0.2, 0) is 0 Å². The molecule has 12 heavy (non-hydrogen) atoms. The Kier molecular flexibility index (Phi) is 2.81. The summed E-state index contributed by atoms with van der Waals surface area (Å²) >= 11 is 0. The molecule has 0 unspecified atom stereocenters. The van der Waals surface area contributed by atoms with Crippen LogP contribution < -0.4 is 0 Å². The van der Waals surface area contributed by atoms with Crippen molar-refractivity contribution in [2.24, 2.45) is 0 Å². The molecule has 62 valence electrons. The van der Waals surface area contributed by atoms with Gasteiger partial charge in [0.15, 0.2) is 0 Å². The molecule has 1 rings (SSSR count). The maximum absolute atomic E-state index is 7.58. The summed E-state index contributed by atoms with van der Waals surface area (Å²) in [7, 11) is 0. The van der Waals surface area contributed by atoms with Crippen LogP contribution in [0.15, 0.2) is 47.6 Å². The van der Waals surface area contributed by atoms with Crippen LogP contribution in [0.2, 0.25) is 0 Å². The summed E-state index contributed by atoms with van der Waals surface area (Å²) in [6.07, 6.45) is 11.6. The molecule has 1 aliphatic rings. The Bertz CT molecular complexity index is 301. The van der Waals surface area contributed by atoms with Crippen molar-refractivity contribution in [2.45, 2.75) is 13.8 Å². The van der Waals surface area contributed by atoms with Crippen molar-refractivity contribution in [3.8, 4) is 0 Å². The van der Waals surface area contributed by atoms with Crippen LogP contribution in [0, 0.1) is 5.41 Å². The molecule has 0 radical (unpaired) electrons. The maximum Gasteiger partial charge on any atom is 0.0612 e. The summed E-state index contributed by atoms with van der Waals surface area (Å²) < 4.78 is 0. The lowest BCUT2D eigenvalue weighted by molar-refractivity contribution is 1.43. The summed E-state index contributed by atoms with van der Waals surface area (Å²) in [6.45, 7) is 4.03. The number of nitrogens with one attached hydrogen (secondary N) is 1. The van der Waals surface area contributed by atoms with E-state index in [9.17, 15) is 0 Å². The molecule has 1 aliphatic carbocycles. The van der Waals surface area contributed by atoms with Gasteiger partial charge >= 0.3 is 0 Å². The zero-order valence-electron chi connectivity index (χ0n) is 7.46. The molecule has 0 aliphatic heterocycles. The molecule has 0 fully saturated rings. The van der Waals surface area contributed by atoms with Crippen molar-refractivity contribution in [3.05, 3.63) is 47.6 Å². The maximum atomic E-state index is 7.58. The van der Waals surface area contributed by atoms with E-state index in [2.05, 4.69) is 0 Å². The van der Waals surface area contributed by atoms with Gasteiger partial charge in [0, 0.05) is 0 Å². The van der Waals surface area contributed by atoms with Gasteiger partial charge in [0.05, 0.1) is 5.71 Å². The van der Waals surface area contributed by atoms with Crippen LogP contribution >= 0.6 is 0 Å². The average Bonchev–Trinajstić information content (AvgIpc) is 2.09. The highest BCUT2D eigenvalue weighted by atomic mass is 14.4. The van der Waals surface area contributed by atoms with Crippen molar-refractivity contribution in [3.63, 3.8) is 0 Å². The molecule has 0 spiro atoms. The van der Waals surface area contributed by atoms with Gasteiger partial charge in [0.2, 0.25) is 0 Å². The lowest BCUT2D eigenvalue weighted by atomic mass is 10.0. The molecule has 0 aromatic heterocycles. The third kappa shape index (κ3) is 2.06. The Morgan fingerprint density at radius 3 is 2.58 bits per heavy atom. The van der Waals surface area contributed by atoms with Crippen molar-refractivity contribution < 1.29 is 0 Å². The summed E-state index contributed by atoms with van der Waals surface area (Å²) in [5.74, 6) is 0. The molecular formula is C11H13N. The molecule has 0 saturated carbocycles. The third-order valence-electron chi connectivity index (χ3n) is 1.80. The lowest BCUT2D eigenvalue weighted by Crippen LogP contribution is -1.97. The van der Waals surface area contributed by atoms with Gasteiger partial charge in [-0.25, -0.2) is 0 Å². The standard InChI is InChI=1S/C11H13N/c1-3-9(2)8-10-6-4-5-7-11(10)12/h3-8,12H,1-2H3/b9-3-,10-8-,12-11?. The number of hydrogen-bond acceptors (Lipinski definition) is 1. The quantitative estimate of drug-likeness (QED) is 0.608. The highest BCUT2D eigenvalue weighted by molar-refractivity contribution is 6.09. The Balaban J connectivity index is 2.89. The monoisotopic (exact) mass is 159 g/mol. The van der Waals surface area contributed by atoms with Crippen molar-refractivity contribution >= 4 is 5.71 Å². The first-order valence-corrected chi connectivity index (χ1v) is 4.02. The van der Waals surface area contributed by atoms with Gasteiger partial charge in [0.25, 0.3) is 0 Å². The Morgan fingerprint density at radius 1 is 1.33 bits per heavy atom. The fraction of sp³-hybridized carbons (Fsp3) is 0.182. The number of hydrogen-bond donors (Lipinski definition) is 1. The zero-order chi connectivity index (χ0) is 8.97. The normalized spacial score (nSPS) is 20.7. The van der Waals surface area contributed by atoms with E-state index in [1.165, 1.54) is 5.57 Å².